The SMILES string of the molecule is COc1cc(CCC(=O)NC[C@@H]2CN(Cc3ccccc3)CCO2)cc(OC)c1OC. The summed E-state index contributed by atoms with van der Waals surface area (Å²) in [5.41, 5.74) is 2.24. The number of methoxy groups -OCH3 is 3. The highest BCUT2D eigenvalue weighted by Gasteiger charge is 2.21. The number of hydrogen-bond acceptors (Lipinski definition) is 6. The van der Waals surface area contributed by atoms with E-state index in [0.29, 0.717) is 43.2 Å². The Morgan fingerprint density at radius 3 is 2.42 bits per heavy atom. The number of amides is 1. The van der Waals surface area contributed by atoms with E-state index >= 15 is 0 Å². The van der Waals surface area contributed by atoms with Crippen LogP contribution < -0.4 is 19.5 Å². The molecule has 2 aromatic carbocycles. The molecule has 0 radical (unpaired) electrons. The topological polar surface area (TPSA) is 69.3 Å². The van der Waals surface area contributed by atoms with Crippen molar-refractivity contribution in [3.63, 3.8) is 0 Å². The van der Waals surface area contributed by atoms with E-state index in [4.69, 9.17) is 18.9 Å². The van der Waals surface area contributed by atoms with E-state index in [-0.39, 0.29) is 12.0 Å². The Bertz CT molecular complexity index is 818. The molecule has 1 N–H and O–H groups in total. The van der Waals surface area contributed by atoms with Crippen LogP contribution in [0, 0.1) is 0 Å². The van der Waals surface area contributed by atoms with Crippen LogP contribution in [0.2, 0.25) is 0 Å². The van der Waals surface area contributed by atoms with E-state index in [0.717, 1.165) is 25.2 Å². The minimum atomic E-state index is -0.00228. The molecule has 7 heteroatoms. The molecule has 168 valence electrons. The molecule has 0 spiro atoms. The van der Waals surface area contributed by atoms with Crippen LogP contribution in [0.15, 0.2) is 42.5 Å². The lowest BCUT2D eigenvalue weighted by Crippen LogP contribution is -2.47. The van der Waals surface area contributed by atoms with E-state index in [2.05, 4.69) is 34.5 Å². The molecule has 0 bridgehead atoms. The van der Waals surface area contributed by atoms with Crippen molar-refractivity contribution < 1.29 is 23.7 Å². The van der Waals surface area contributed by atoms with Gasteiger partial charge in [0.1, 0.15) is 0 Å². The van der Waals surface area contributed by atoms with Gasteiger partial charge in [0.2, 0.25) is 11.7 Å². The summed E-state index contributed by atoms with van der Waals surface area (Å²) in [7, 11) is 4.74. The van der Waals surface area contributed by atoms with Gasteiger partial charge in [-0.25, -0.2) is 0 Å². The van der Waals surface area contributed by atoms with Crippen molar-refractivity contribution in [1.29, 1.82) is 0 Å². The first-order chi connectivity index (χ1) is 15.1. The molecular weight excluding hydrogens is 396 g/mol. The normalized spacial score (nSPS) is 16.5. The second-order valence-electron chi connectivity index (χ2n) is 7.55. The molecule has 7 nitrogen and oxygen atoms in total. The average molecular weight is 429 g/mol. The van der Waals surface area contributed by atoms with Gasteiger partial charge in [-0.3, -0.25) is 9.69 Å². The molecule has 31 heavy (non-hydrogen) atoms. The van der Waals surface area contributed by atoms with Crippen molar-refractivity contribution in [3.05, 3.63) is 53.6 Å². The Balaban J connectivity index is 1.46. The Labute approximate surface area is 184 Å². The third-order valence-electron chi connectivity index (χ3n) is 5.36. The molecule has 1 atom stereocenters. The summed E-state index contributed by atoms with van der Waals surface area (Å²) < 4.78 is 21.9. The molecule has 1 amide bonds. The van der Waals surface area contributed by atoms with Crippen molar-refractivity contribution in [3.8, 4) is 17.2 Å². The fourth-order valence-electron chi connectivity index (χ4n) is 3.74. The van der Waals surface area contributed by atoms with Gasteiger partial charge in [0.05, 0.1) is 34.0 Å². The number of carbonyl (C=O) groups is 1. The van der Waals surface area contributed by atoms with Crippen LogP contribution in [0.3, 0.4) is 0 Å². The highest BCUT2D eigenvalue weighted by atomic mass is 16.5. The fraction of sp³-hybridized carbons (Fsp3) is 0.458. The maximum Gasteiger partial charge on any atom is 0.220 e. The van der Waals surface area contributed by atoms with E-state index in [1.165, 1.54) is 5.56 Å². The summed E-state index contributed by atoms with van der Waals surface area (Å²) >= 11 is 0. The van der Waals surface area contributed by atoms with Gasteiger partial charge in [0, 0.05) is 32.6 Å². The predicted molar refractivity (Wildman–Crippen MR) is 119 cm³/mol. The van der Waals surface area contributed by atoms with Crippen LogP contribution in [-0.2, 0) is 22.5 Å². The van der Waals surface area contributed by atoms with Crippen LogP contribution >= 0.6 is 0 Å². The lowest BCUT2D eigenvalue weighted by atomic mass is 10.1. The zero-order valence-electron chi connectivity index (χ0n) is 18.6. The molecule has 0 aliphatic carbocycles. The van der Waals surface area contributed by atoms with Crippen molar-refractivity contribution in [2.45, 2.75) is 25.5 Å². The van der Waals surface area contributed by atoms with Gasteiger partial charge in [0.15, 0.2) is 11.5 Å². The van der Waals surface area contributed by atoms with Gasteiger partial charge < -0.3 is 24.3 Å². The molecule has 2 aromatic rings. The van der Waals surface area contributed by atoms with Gasteiger partial charge in [-0.1, -0.05) is 30.3 Å². The van der Waals surface area contributed by atoms with Crippen molar-refractivity contribution in [2.75, 3.05) is 47.6 Å². The van der Waals surface area contributed by atoms with E-state index in [1.807, 2.05) is 18.2 Å². The lowest BCUT2D eigenvalue weighted by Gasteiger charge is -2.33. The second kappa shape index (κ2) is 11.6. The number of morpholine rings is 1. The zero-order valence-corrected chi connectivity index (χ0v) is 18.6. The third-order valence-corrected chi connectivity index (χ3v) is 5.36. The molecule has 1 saturated heterocycles. The third kappa shape index (κ3) is 6.60. The highest BCUT2D eigenvalue weighted by Crippen LogP contribution is 2.38. The van der Waals surface area contributed by atoms with Gasteiger partial charge in [-0.05, 0) is 29.7 Å². The Hall–Kier alpha value is -2.77. The quantitative estimate of drug-likeness (QED) is 0.628. The first-order valence-corrected chi connectivity index (χ1v) is 10.6. The number of rotatable bonds is 10. The van der Waals surface area contributed by atoms with Crippen LogP contribution in [0.5, 0.6) is 17.2 Å². The van der Waals surface area contributed by atoms with Crippen LogP contribution in [0.4, 0.5) is 0 Å². The molecule has 0 unspecified atom stereocenters. The second-order valence-corrected chi connectivity index (χ2v) is 7.55. The van der Waals surface area contributed by atoms with Crippen LogP contribution in [-0.4, -0.2) is 64.5 Å². The zero-order chi connectivity index (χ0) is 22.1. The number of aryl methyl sites for hydroxylation is 1. The van der Waals surface area contributed by atoms with Gasteiger partial charge >= 0.3 is 0 Å². The minimum absolute atomic E-state index is 0.00228. The van der Waals surface area contributed by atoms with Crippen LogP contribution in [0.25, 0.3) is 0 Å². The fourth-order valence-corrected chi connectivity index (χ4v) is 3.74. The summed E-state index contributed by atoms with van der Waals surface area (Å²) in [6.07, 6.45) is 0.954. The Kier molecular flexibility index (Phi) is 8.55. The number of nitrogens with zero attached hydrogens (tertiary/aromatic N) is 1. The monoisotopic (exact) mass is 428 g/mol. The first kappa shape index (κ1) is 22.9. The Morgan fingerprint density at radius 2 is 1.77 bits per heavy atom. The lowest BCUT2D eigenvalue weighted by molar-refractivity contribution is -0.122. The summed E-state index contributed by atoms with van der Waals surface area (Å²) in [4.78, 5) is 14.8. The predicted octanol–water partition coefficient (Wildman–Crippen LogP) is 2.66. The summed E-state index contributed by atoms with van der Waals surface area (Å²) in [6.45, 7) is 3.80. The number of ether oxygens (including phenoxy) is 4. The average Bonchev–Trinajstić information content (AvgIpc) is 2.81. The molecule has 0 saturated carbocycles. The highest BCUT2D eigenvalue weighted by molar-refractivity contribution is 5.76. The van der Waals surface area contributed by atoms with Crippen molar-refractivity contribution in [2.24, 2.45) is 0 Å². The number of carbonyl (C=O) groups excluding carboxylic acids is 1. The maximum absolute atomic E-state index is 12.4. The smallest absolute Gasteiger partial charge is 0.220 e. The van der Waals surface area contributed by atoms with E-state index in [9.17, 15) is 4.79 Å². The Morgan fingerprint density at radius 1 is 1.06 bits per heavy atom. The molecule has 1 heterocycles. The van der Waals surface area contributed by atoms with Crippen molar-refractivity contribution >= 4 is 5.91 Å². The van der Waals surface area contributed by atoms with Gasteiger partial charge in [-0.2, -0.15) is 0 Å². The molecule has 1 fully saturated rings. The number of hydrogen-bond donors (Lipinski definition) is 1. The van der Waals surface area contributed by atoms with Crippen LogP contribution in [0.1, 0.15) is 17.5 Å². The summed E-state index contributed by atoms with van der Waals surface area (Å²) in [5, 5.41) is 3.01. The van der Waals surface area contributed by atoms with E-state index < -0.39 is 0 Å². The molecule has 3 rings (SSSR count). The summed E-state index contributed by atoms with van der Waals surface area (Å²) in [6, 6.07) is 14.2. The van der Waals surface area contributed by atoms with Gasteiger partial charge in [-0.15, -0.1) is 0 Å². The van der Waals surface area contributed by atoms with Gasteiger partial charge in [0.25, 0.3) is 0 Å². The molecule has 1 aliphatic heterocycles. The number of benzene rings is 2. The maximum atomic E-state index is 12.4. The van der Waals surface area contributed by atoms with E-state index in [1.54, 1.807) is 21.3 Å². The minimum Gasteiger partial charge on any atom is -0.493 e. The standard InChI is InChI=1S/C24H32N2O5/c1-28-21-13-19(14-22(29-2)24(21)30-3)9-10-23(27)25-15-20-17-26(11-12-31-20)16-18-7-5-4-6-8-18/h4-8,13-14,20H,9-12,15-17H2,1-3H3,(H,25,27)/t20-/m1/s1. The first-order valence-electron chi connectivity index (χ1n) is 10.6. The largest absolute Gasteiger partial charge is 0.493 e. The molecule has 0 aromatic heterocycles. The summed E-state index contributed by atoms with van der Waals surface area (Å²) in [5.74, 6) is 1.72. The molecule has 1 aliphatic rings. The van der Waals surface area contributed by atoms with Crippen molar-refractivity contribution in [1.82, 2.24) is 10.2 Å². The molecular formula is C24H32N2O5. The number of nitrogens with one attached hydrogen (secondary N) is 1.